The minimum Gasteiger partial charge on any atom is -0.316 e. The van der Waals surface area contributed by atoms with Crippen molar-refractivity contribution in [2.45, 2.75) is 18.8 Å². The molecule has 5 nitrogen and oxygen atoms in total. The van der Waals surface area contributed by atoms with Crippen LogP contribution in [0, 0.1) is 0 Å². The first-order valence-corrected chi connectivity index (χ1v) is 6.21. The van der Waals surface area contributed by atoms with Crippen LogP contribution in [0.15, 0.2) is 16.9 Å². The molecule has 1 aliphatic rings. The van der Waals surface area contributed by atoms with Crippen molar-refractivity contribution < 1.29 is 0 Å². The first-order valence-electron chi connectivity index (χ1n) is 5.41. The maximum atomic E-state index is 4.47. The largest absolute Gasteiger partial charge is 0.316 e. The fourth-order valence-electron chi connectivity index (χ4n) is 2.02. The fourth-order valence-corrected chi connectivity index (χ4v) is 2.32. The summed E-state index contributed by atoms with van der Waals surface area (Å²) in [7, 11) is 0. The van der Waals surface area contributed by atoms with Crippen LogP contribution >= 0.6 is 15.9 Å². The highest BCUT2D eigenvalue weighted by molar-refractivity contribution is 9.10. The Hall–Kier alpha value is -1.01. The molecule has 1 unspecified atom stereocenters. The lowest BCUT2D eigenvalue weighted by molar-refractivity contribution is 0.447. The van der Waals surface area contributed by atoms with Gasteiger partial charge in [0.2, 0.25) is 0 Å². The van der Waals surface area contributed by atoms with E-state index in [1.165, 1.54) is 6.42 Å². The Kier molecular flexibility index (Phi) is 2.61. The van der Waals surface area contributed by atoms with Gasteiger partial charge in [0.25, 0.3) is 5.78 Å². The van der Waals surface area contributed by atoms with E-state index in [-0.39, 0.29) is 0 Å². The van der Waals surface area contributed by atoms with Crippen molar-refractivity contribution in [2.75, 3.05) is 13.1 Å². The quantitative estimate of drug-likeness (QED) is 0.858. The molecule has 6 heteroatoms. The summed E-state index contributed by atoms with van der Waals surface area (Å²) in [5, 5.41) is 7.84. The lowest BCUT2D eigenvalue weighted by Crippen LogP contribution is -2.28. The number of hydrogen-bond donors (Lipinski definition) is 1. The second-order valence-electron chi connectivity index (χ2n) is 4.03. The van der Waals surface area contributed by atoms with Crippen molar-refractivity contribution >= 4 is 21.7 Å². The van der Waals surface area contributed by atoms with E-state index < -0.39 is 0 Å². The van der Waals surface area contributed by atoms with Crippen LogP contribution < -0.4 is 5.32 Å². The van der Waals surface area contributed by atoms with Crippen molar-refractivity contribution in [3.8, 4) is 0 Å². The summed E-state index contributed by atoms with van der Waals surface area (Å²) in [4.78, 5) is 8.68. The van der Waals surface area contributed by atoms with Gasteiger partial charge in [-0.2, -0.15) is 4.98 Å². The van der Waals surface area contributed by atoms with Gasteiger partial charge in [-0.05, 0) is 35.3 Å². The number of hydrogen-bond acceptors (Lipinski definition) is 4. The van der Waals surface area contributed by atoms with E-state index in [0.717, 1.165) is 29.8 Å². The van der Waals surface area contributed by atoms with Gasteiger partial charge in [-0.25, -0.2) is 9.50 Å². The minimum absolute atomic E-state index is 0.425. The minimum atomic E-state index is 0.425. The molecule has 2 aromatic heterocycles. The van der Waals surface area contributed by atoms with Crippen molar-refractivity contribution in [1.29, 1.82) is 0 Å². The van der Waals surface area contributed by atoms with Gasteiger partial charge >= 0.3 is 0 Å². The number of fused-ring (bicyclic) bond motifs is 1. The third-order valence-electron chi connectivity index (χ3n) is 2.84. The number of rotatable bonds is 1. The van der Waals surface area contributed by atoms with Crippen molar-refractivity contribution in [3.63, 3.8) is 0 Å². The highest BCUT2D eigenvalue weighted by atomic mass is 79.9. The van der Waals surface area contributed by atoms with Gasteiger partial charge in [-0.1, -0.05) is 0 Å². The van der Waals surface area contributed by atoms with Crippen LogP contribution in [0.5, 0.6) is 0 Å². The zero-order valence-corrected chi connectivity index (χ0v) is 10.3. The molecule has 0 radical (unpaired) electrons. The molecule has 0 aromatic carbocycles. The lowest BCUT2D eigenvalue weighted by atomic mass is 9.99. The SMILES string of the molecule is Brc1cnc2nc(C3CCCNC3)nn2c1. The second kappa shape index (κ2) is 4.10. The zero-order valence-electron chi connectivity index (χ0n) is 8.73. The first kappa shape index (κ1) is 10.2. The molecule has 0 saturated carbocycles. The Labute approximate surface area is 101 Å². The molecule has 0 amide bonds. The smallest absolute Gasteiger partial charge is 0.252 e. The normalized spacial score (nSPS) is 21.4. The molecule has 1 aliphatic heterocycles. The van der Waals surface area contributed by atoms with Crippen LogP contribution in [0.25, 0.3) is 5.78 Å². The van der Waals surface area contributed by atoms with Gasteiger partial charge in [0.15, 0.2) is 5.82 Å². The van der Waals surface area contributed by atoms with Gasteiger partial charge in [-0.3, -0.25) is 0 Å². The Balaban J connectivity index is 1.97. The molecule has 0 bridgehead atoms. The molecule has 3 rings (SSSR count). The van der Waals surface area contributed by atoms with E-state index in [2.05, 4.69) is 36.3 Å². The molecule has 3 heterocycles. The van der Waals surface area contributed by atoms with Gasteiger partial charge < -0.3 is 5.32 Å². The Morgan fingerprint density at radius 2 is 2.44 bits per heavy atom. The van der Waals surface area contributed by atoms with Crippen molar-refractivity contribution in [2.24, 2.45) is 0 Å². The highest BCUT2D eigenvalue weighted by Gasteiger charge is 2.19. The fraction of sp³-hybridized carbons (Fsp3) is 0.500. The van der Waals surface area contributed by atoms with Crippen LogP contribution in [0.3, 0.4) is 0 Å². The van der Waals surface area contributed by atoms with E-state index in [0.29, 0.717) is 11.7 Å². The van der Waals surface area contributed by atoms with Crippen LogP contribution in [0.4, 0.5) is 0 Å². The number of halogens is 1. The van der Waals surface area contributed by atoms with Crippen molar-refractivity contribution in [1.82, 2.24) is 24.9 Å². The van der Waals surface area contributed by atoms with E-state index in [1.54, 1.807) is 10.7 Å². The molecule has 1 N–H and O–H groups in total. The predicted octanol–water partition coefficient (Wildman–Crippen LogP) is 1.35. The zero-order chi connectivity index (χ0) is 11.0. The third-order valence-corrected chi connectivity index (χ3v) is 3.25. The summed E-state index contributed by atoms with van der Waals surface area (Å²) < 4.78 is 2.65. The van der Waals surface area contributed by atoms with E-state index in [9.17, 15) is 0 Å². The Bertz CT molecular complexity index is 503. The highest BCUT2D eigenvalue weighted by Crippen LogP contribution is 2.20. The molecule has 84 valence electrons. The number of nitrogens with one attached hydrogen (secondary N) is 1. The third kappa shape index (κ3) is 1.82. The lowest BCUT2D eigenvalue weighted by Gasteiger charge is -2.19. The van der Waals surface area contributed by atoms with Gasteiger partial charge in [0.1, 0.15) is 0 Å². The Morgan fingerprint density at radius 3 is 3.25 bits per heavy atom. The maximum absolute atomic E-state index is 4.47. The molecular weight excluding hydrogens is 270 g/mol. The monoisotopic (exact) mass is 281 g/mol. The van der Waals surface area contributed by atoms with E-state index in [4.69, 9.17) is 0 Å². The molecule has 0 spiro atoms. The summed E-state index contributed by atoms with van der Waals surface area (Å²) in [5.74, 6) is 2.00. The standard InChI is InChI=1S/C10H12BrN5/c11-8-5-13-10-14-9(15-16(10)6-8)7-2-1-3-12-4-7/h5-7,12H,1-4H2. The van der Waals surface area contributed by atoms with Crippen LogP contribution in [0.2, 0.25) is 0 Å². The molecule has 1 saturated heterocycles. The summed E-state index contributed by atoms with van der Waals surface area (Å²) in [6.07, 6.45) is 5.98. The topological polar surface area (TPSA) is 55.1 Å². The number of nitrogens with zero attached hydrogens (tertiary/aromatic N) is 4. The van der Waals surface area contributed by atoms with Gasteiger partial charge in [-0.15, -0.1) is 5.10 Å². The second-order valence-corrected chi connectivity index (χ2v) is 4.95. The average molecular weight is 282 g/mol. The van der Waals surface area contributed by atoms with Gasteiger partial charge in [0, 0.05) is 24.9 Å². The van der Waals surface area contributed by atoms with Gasteiger partial charge in [0.05, 0.1) is 4.47 Å². The average Bonchev–Trinajstić information content (AvgIpc) is 2.73. The molecule has 2 aromatic rings. The summed E-state index contributed by atoms with van der Waals surface area (Å²) >= 11 is 3.37. The number of aromatic nitrogens is 4. The molecule has 1 atom stereocenters. The predicted molar refractivity (Wildman–Crippen MR) is 63.3 cm³/mol. The summed E-state index contributed by atoms with van der Waals surface area (Å²) in [6.45, 7) is 2.08. The van der Waals surface area contributed by atoms with Crippen LogP contribution in [-0.4, -0.2) is 32.7 Å². The van der Waals surface area contributed by atoms with E-state index in [1.807, 2.05) is 6.20 Å². The molecular formula is C10H12BrN5. The van der Waals surface area contributed by atoms with Crippen LogP contribution in [0.1, 0.15) is 24.6 Å². The molecule has 16 heavy (non-hydrogen) atoms. The molecule has 1 fully saturated rings. The number of piperidine rings is 1. The first-order chi connectivity index (χ1) is 7.83. The molecule has 0 aliphatic carbocycles. The maximum Gasteiger partial charge on any atom is 0.252 e. The van der Waals surface area contributed by atoms with E-state index >= 15 is 0 Å². The van der Waals surface area contributed by atoms with Crippen LogP contribution in [-0.2, 0) is 0 Å². The van der Waals surface area contributed by atoms with Crippen molar-refractivity contribution in [3.05, 3.63) is 22.7 Å². The summed E-state index contributed by atoms with van der Waals surface area (Å²) in [6, 6.07) is 0. The summed E-state index contributed by atoms with van der Waals surface area (Å²) in [5.41, 5.74) is 0. The Morgan fingerprint density at radius 1 is 1.50 bits per heavy atom.